The topological polar surface area (TPSA) is 86.5 Å². The van der Waals surface area contributed by atoms with Crippen LogP contribution in [-0.2, 0) is 13.1 Å². The van der Waals surface area contributed by atoms with Gasteiger partial charge in [-0.2, -0.15) is 0 Å². The normalized spacial score (nSPS) is 14.1. The summed E-state index contributed by atoms with van der Waals surface area (Å²) < 4.78 is 27.4. The van der Waals surface area contributed by atoms with Gasteiger partial charge < -0.3 is 28.4 Å². The molecule has 192 valence electrons. The molecule has 0 bridgehead atoms. The Labute approximate surface area is 211 Å². The van der Waals surface area contributed by atoms with Crippen LogP contribution in [0.4, 0.5) is 0 Å². The molecule has 36 heavy (non-hydrogen) atoms. The Morgan fingerprint density at radius 2 is 1.81 bits per heavy atom. The second-order valence-corrected chi connectivity index (χ2v) is 8.80. The smallest absolute Gasteiger partial charge is 0.257 e. The highest BCUT2D eigenvalue weighted by molar-refractivity contribution is 5.98. The van der Waals surface area contributed by atoms with Gasteiger partial charge in [-0.1, -0.05) is 17.3 Å². The fourth-order valence-corrected chi connectivity index (χ4v) is 4.49. The first-order chi connectivity index (χ1) is 17.5. The maximum Gasteiger partial charge on any atom is 0.257 e. The van der Waals surface area contributed by atoms with Crippen molar-refractivity contribution in [2.75, 3.05) is 41.5 Å². The summed E-state index contributed by atoms with van der Waals surface area (Å²) >= 11 is 0. The molecule has 0 saturated carbocycles. The third-order valence-electron chi connectivity index (χ3n) is 6.24. The summed E-state index contributed by atoms with van der Waals surface area (Å²) in [5, 5.41) is 3.97. The van der Waals surface area contributed by atoms with Crippen molar-refractivity contribution in [1.29, 1.82) is 0 Å². The zero-order chi connectivity index (χ0) is 25.5. The number of hydrogen-bond donors (Lipinski definition) is 0. The Kier molecular flexibility index (Phi) is 8.32. The van der Waals surface area contributed by atoms with E-state index in [0.717, 1.165) is 36.4 Å². The fourth-order valence-electron chi connectivity index (χ4n) is 4.49. The van der Waals surface area contributed by atoms with Crippen LogP contribution in [0.25, 0.3) is 0 Å². The van der Waals surface area contributed by atoms with Crippen molar-refractivity contribution in [2.24, 2.45) is 0 Å². The number of hydrogen-bond acceptors (Lipinski definition) is 8. The minimum atomic E-state index is -0.0941. The van der Waals surface area contributed by atoms with Gasteiger partial charge in [-0.15, -0.1) is 0 Å². The number of aromatic nitrogens is 1. The lowest BCUT2D eigenvalue weighted by Crippen LogP contribution is -2.41. The maximum absolute atomic E-state index is 13.3. The van der Waals surface area contributed by atoms with Gasteiger partial charge in [-0.3, -0.25) is 9.69 Å². The number of piperidine rings is 1. The molecule has 3 aromatic rings. The predicted molar refractivity (Wildman–Crippen MR) is 134 cm³/mol. The molecule has 9 heteroatoms. The molecule has 0 spiro atoms. The van der Waals surface area contributed by atoms with Gasteiger partial charge in [0.25, 0.3) is 5.91 Å². The largest absolute Gasteiger partial charge is 0.493 e. The number of methoxy groups -OCH3 is 3. The van der Waals surface area contributed by atoms with Crippen molar-refractivity contribution in [2.45, 2.75) is 32.0 Å². The molecule has 1 amide bonds. The van der Waals surface area contributed by atoms with Gasteiger partial charge in [-0.05, 0) is 36.9 Å². The van der Waals surface area contributed by atoms with Crippen molar-refractivity contribution >= 4 is 5.91 Å². The lowest BCUT2D eigenvalue weighted by molar-refractivity contribution is 0.0592. The Bertz CT molecular complexity index is 1140. The van der Waals surface area contributed by atoms with E-state index < -0.39 is 0 Å². The van der Waals surface area contributed by atoms with Crippen molar-refractivity contribution in [1.82, 2.24) is 15.0 Å². The van der Waals surface area contributed by atoms with Crippen LogP contribution in [0.1, 0.15) is 34.5 Å². The number of carbonyl (C=O) groups excluding carboxylic acids is 1. The standard InChI is InChI=1S/C27H33N3O6/c1-29(18-20-12-15-35-28-20)17-19-6-5-7-22(16-19)36-21-10-13-30(14-11-21)27(31)23-8-9-24(32-2)26(34-4)25(23)33-3/h5-9,12,15-16,21H,10-11,13-14,17-18H2,1-4H3. The van der Waals surface area contributed by atoms with E-state index in [1.807, 2.05) is 30.1 Å². The lowest BCUT2D eigenvalue weighted by Gasteiger charge is -2.32. The summed E-state index contributed by atoms with van der Waals surface area (Å²) in [5.41, 5.74) is 2.51. The molecule has 1 saturated heterocycles. The Morgan fingerprint density at radius 3 is 2.47 bits per heavy atom. The van der Waals surface area contributed by atoms with Crippen LogP contribution >= 0.6 is 0 Å². The molecular formula is C27H33N3O6. The molecule has 1 aliphatic heterocycles. The second-order valence-electron chi connectivity index (χ2n) is 8.80. The van der Waals surface area contributed by atoms with Gasteiger partial charge in [0.15, 0.2) is 11.5 Å². The lowest BCUT2D eigenvalue weighted by atomic mass is 10.0. The minimum Gasteiger partial charge on any atom is -0.493 e. The van der Waals surface area contributed by atoms with Gasteiger partial charge >= 0.3 is 0 Å². The van der Waals surface area contributed by atoms with E-state index in [1.54, 1.807) is 25.5 Å². The number of amides is 1. The van der Waals surface area contributed by atoms with E-state index in [0.29, 0.717) is 42.4 Å². The highest BCUT2D eigenvalue weighted by atomic mass is 16.5. The number of ether oxygens (including phenoxy) is 4. The molecule has 2 heterocycles. The zero-order valence-electron chi connectivity index (χ0n) is 21.2. The summed E-state index contributed by atoms with van der Waals surface area (Å²) in [5.74, 6) is 2.06. The highest BCUT2D eigenvalue weighted by Crippen LogP contribution is 2.40. The molecule has 2 aromatic carbocycles. The van der Waals surface area contributed by atoms with Crippen LogP contribution in [-0.4, -0.2) is 68.4 Å². The number of likely N-dealkylation sites (tertiary alicyclic amines) is 1. The number of rotatable bonds is 10. The molecule has 0 N–H and O–H groups in total. The van der Waals surface area contributed by atoms with E-state index in [-0.39, 0.29) is 12.0 Å². The van der Waals surface area contributed by atoms with Gasteiger partial charge in [0, 0.05) is 45.1 Å². The quantitative estimate of drug-likeness (QED) is 0.417. The molecule has 1 aliphatic rings. The fraction of sp³-hybridized carbons (Fsp3) is 0.407. The summed E-state index contributed by atoms with van der Waals surface area (Å²) in [6.07, 6.45) is 3.13. The summed E-state index contributed by atoms with van der Waals surface area (Å²) in [6, 6.07) is 13.5. The molecule has 9 nitrogen and oxygen atoms in total. The predicted octanol–water partition coefficient (Wildman–Crippen LogP) is 4.02. The summed E-state index contributed by atoms with van der Waals surface area (Å²) in [7, 11) is 6.65. The van der Waals surface area contributed by atoms with Gasteiger partial charge in [0.1, 0.15) is 18.1 Å². The summed E-state index contributed by atoms with van der Waals surface area (Å²) in [6.45, 7) is 2.67. The molecule has 1 fully saturated rings. The minimum absolute atomic E-state index is 0.0458. The zero-order valence-corrected chi connectivity index (χ0v) is 21.2. The molecule has 0 unspecified atom stereocenters. The van der Waals surface area contributed by atoms with Crippen molar-refractivity contribution in [3.63, 3.8) is 0 Å². The average Bonchev–Trinajstić information content (AvgIpc) is 3.40. The van der Waals surface area contributed by atoms with Gasteiger partial charge in [0.2, 0.25) is 5.75 Å². The first kappa shape index (κ1) is 25.4. The third kappa shape index (κ3) is 5.91. The van der Waals surface area contributed by atoms with Crippen LogP contribution in [0.2, 0.25) is 0 Å². The monoisotopic (exact) mass is 495 g/mol. The third-order valence-corrected chi connectivity index (χ3v) is 6.24. The van der Waals surface area contributed by atoms with E-state index in [1.165, 1.54) is 14.2 Å². The van der Waals surface area contributed by atoms with Crippen LogP contribution in [0.15, 0.2) is 53.3 Å². The SMILES string of the molecule is COc1ccc(C(=O)N2CCC(Oc3cccc(CN(C)Cc4ccon4)c3)CC2)c(OC)c1OC. The van der Waals surface area contributed by atoms with E-state index in [9.17, 15) is 4.79 Å². The maximum atomic E-state index is 13.3. The van der Waals surface area contributed by atoms with E-state index in [2.05, 4.69) is 22.2 Å². The van der Waals surface area contributed by atoms with Crippen LogP contribution in [0.3, 0.4) is 0 Å². The Morgan fingerprint density at radius 1 is 1.03 bits per heavy atom. The number of carbonyl (C=O) groups is 1. The van der Waals surface area contributed by atoms with Crippen molar-refractivity contribution in [3.8, 4) is 23.0 Å². The van der Waals surface area contributed by atoms with Crippen molar-refractivity contribution < 1.29 is 28.3 Å². The molecule has 4 rings (SSSR count). The Balaban J connectivity index is 1.33. The van der Waals surface area contributed by atoms with Crippen molar-refractivity contribution in [3.05, 3.63) is 65.5 Å². The van der Waals surface area contributed by atoms with Crippen LogP contribution in [0, 0.1) is 0 Å². The van der Waals surface area contributed by atoms with Gasteiger partial charge in [0.05, 0.1) is 32.6 Å². The second kappa shape index (κ2) is 11.8. The highest BCUT2D eigenvalue weighted by Gasteiger charge is 2.28. The van der Waals surface area contributed by atoms with Gasteiger partial charge in [-0.25, -0.2) is 0 Å². The van der Waals surface area contributed by atoms with E-state index in [4.69, 9.17) is 23.5 Å². The van der Waals surface area contributed by atoms with Crippen LogP contribution in [0.5, 0.6) is 23.0 Å². The first-order valence-corrected chi connectivity index (χ1v) is 11.9. The van der Waals surface area contributed by atoms with Crippen LogP contribution < -0.4 is 18.9 Å². The molecule has 0 radical (unpaired) electrons. The molecule has 0 aliphatic carbocycles. The summed E-state index contributed by atoms with van der Waals surface area (Å²) in [4.78, 5) is 17.3. The number of benzene rings is 2. The molecule has 0 atom stereocenters. The van der Waals surface area contributed by atoms with E-state index >= 15 is 0 Å². The number of nitrogens with zero attached hydrogens (tertiary/aromatic N) is 3. The average molecular weight is 496 g/mol. The Hall–Kier alpha value is -3.72. The molecule has 1 aromatic heterocycles. The first-order valence-electron chi connectivity index (χ1n) is 11.9. The molecular weight excluding hydrogens is 462 g/mol.